The van der Waals surface area contributed by atoms with Crippen molar-refractivity contribution in [3.8, 4) is 0 Å². The molecule has 1 aromatic carbocycles. The summed E-state index contributed by atoms with van der Waals surface area (Å²) in [5.74, 6) is 0.0124. The van der Waals surface area contributed by atoms with E-state index >= 15 is 0 Å². The minimum absolute atomic E-state index is 0.0590. The van der Waals surface area contributed by atoms with Crippen molar-refractivity contribution in [1.82, 2.24) is 15.2 Å². The molecule has 1 fully saturated rings. The number of nitrogens with one attached hydrogen (secondary N) is 2. The lowest BCUT2D eigenvalue weighted by Gasteiger charge is -2.32. The molecule has 2 aromatic rings. The predicted octanol–water partition coefficient (Wildman–Crippen LogP) is 1.84. The molecule has 1 saturated heterocycles. The molecular weight excluding hydrogens is 278 g/mol. The number of amides is 2. The number of aromatic nitrogens is 1. The zero-order chi connectivity index (χ0) is 15.5. The molecule has 1 aliphatic heterocycles. The number of fused-ring (bicyclic) bond motifs is 1. The zero-order valence-electron chi connectivity index (χ0n) is 12.8. The quantitative estimate of drug-likeness (QED) is 0.904. The van der Waals surface area contributed by atoms with Crippen LogP contribution in [-0.2, 0) is 16.0 Å². The molecule has 116 valence electrons. The molecule has 0 saturated carbocycles. The Kier molecular flexibility index (Phi) is 4.13. The number of rotatable bonds is 4. The second-order valence-electron chi connectivity index (χ2n) is 5.77. The maximum absolute atomic E-state index is 12.3. The van der Waals surface area contributed by atoms with Gasteiger partial charge in [0.2, 0.25) is 11.8 Å². The number of nitrogens with zero attached hydrogens (tertiary/aromatic N) is 1. The van der Waals surface area contributed by atoms with Crippen LogP contribution in [0.5, 0.6) is 0 Å². The lowest BCUT2D eigenvalue weighted by Crippen LogP contribution is -2.55. The second kappa shape index (κ2) is 6.22. The fraction of sp³-hybridized carbons (Fsp3) is 0.412. The standard InChI is InChI=1S/C17H21N3O2/c1-12-17(22)18-9-10-20(12)16(21)8-4-5-13-11-19-15-7-3-2-6-14(13)15/h2-3,6-7,11-12,19H,4-5,8-10H2,1H3,(H,18,22)/t12-/m0/s1. The Morgan fingerprint density at radius 3 is 3.05 bits per heavy atom. The van der Waals surface area contributed by atoms with Gasteiger partial charge < -0.3 is 15.2 Å². The van der Waals surface area contributed by atoms with Crippen LogP contribution in [0.25, 0.3) is 10.9 Å². The summed E-state index contributed by atoms with van der Waals surface area (Å²) in [5.41, 5.74) is 2.37. The van der Waals surface area contributed by atoms with E-state index in [0.717, 1.165) is 18.4 Å². The Hall–Kier alpha value is -2.30. The van der Waals surface area contributed by atoms with Crippen molar-refractivity contribution < 1.29 is 9.59 Å². The van der Waals surface area contributed by atoms with E-state index in [0.29, 0.717) is 19.5 Å². The monoisotopic (exact) mass is 299 g/mol. The highest BCUT2D eigenvalue weighted by molar-refractivity contribution is 5.88. The molecule has 0 radical (unpaired) electrons. The third-order valence-corrected chi connectivity index (χ3v) is 4.33. The molecule has 5 nitrogen and oxygen atoms in total. The molecule has 1 aliphatic rings. The fourth-order valence-corrected chi connectivity index (χ4v) is 3.04. The molecule has 0 bridgehead atoms. The van der Waals surface area contributed by atoms with E-state index in [1.807, 2.05) is 18.3 Å². The smallest absolute Gasteiger partial charge is 0.242 e. The normalized spacial score (nSPS) is 18.5. The molecule has 0 aliphatic carbocycles. The first kappa shape index (κ1) is 14.6. The molecule has 3 rings (SSSR count). The minimum atomic E-state index is -0.352. The van der Waals surface area contributed by atoms with Crippen molar-refractivity contribution in [3.05, 3.63) is 36.0 Å². The number of hydrogen-bond acceptors (Lipinski definition) is 2. The van der Waals surface area contributed by atoms with E-state index in [9.17, 15) is 9.59 Å². The van der Waals surface area contributed by atoms with Crippen LogP contribution in [-0.4, -0.2) is 40.8 Å². The van der Waals surface area contributed by atoms with E-state index in [-0.39, 0.29) is 17.9 Å². The minimum Gasteiger partial charge on any atom is -0.361 e. The van der Waals surface area contributed by atoms with Gasteiger partial charge in [-0.2, -0.15) is 0 Å². The zero-order valence-corrected chi connectivity index (χ0v) is 12.8. The van der Waals surface area contributed by atoms with Crippen molar-refractivity contribution in [3.63, 3.8) is 0 Å². The van der Waals surface area contributed by atoms with Gasteiger partial charge in [-0.25, -0.2) is 0 Å². The molecule has 0 spiro atoms. The first-order valence-electron chi connectivity index (χ1n) is 7.79. The second-order valence-corrected chi connectivity index (χ2v) is 5.77. The fourth-order valence-electron chi connectivity index (χ4n) is 3.04. The first-order valence-corrected chi connectivity index (χ1v) is 7.79. The Labute approximate surface area is 129 Å². The lowest BCUT2D eigenvalue weighted by molar-refractivity contribution is -0.142. The van der Waals surface area contributed by atoms with Crippen molar-refractivity contribution in [2.24, 2.45) is 0 Å². The van der Waals surface area contributed by atoms with Gasteiger partial charge >= 0.3 is 0 Å². The number of aromatic amines is 1. The van der Waals surface area contributed by atoms with Crippen LogP contribution in [0, 0.1) is 0 Å². The first-order chi connectivity index (χ1) is 10.7. The Bertz CT molecular complexity index is 692. The van der Waals surface area contributed by atoms with E-state index in [1.54, 1.807) is 11.8 Å². The summed E-state index contributed by atoms with van der Waals surface area (Å²) in [4.78, 5) is 28.8. The van der Waals surface area contributed by atoms with E-state index in [1.165, 1.54) is 10.9 Å². The maximum Gasteiger partial charge on any atom is 0.242 e. The van der Waals surface area contributed by atoms with E-state index in [2.05, 4.69) is 22.4 Å². The number of piperazine rings is 1. The number of hydrogen-bond donors (Lipinski definition) is 2. The number of carbonyl (C=O) groups excluding carboxylic acids is 2. The summed E-state index contributed by atoms with van der Waals surface area (Å²) in [6.45, 7) is 2.95. The van der Waals surface area contributed by atoms with Crippen molar-refractivity contribution >= 4 is 22.7 Å². The van der Waals surface area contributed by atoms with Gasteiger partial charge in [0.25, 0.3) is 0 Å². The van der Waals surface area contributed by atoms with Gasteiger partial charge in [0.1, 0.15) is 6.04 Å². The SMILES string of the molecule is C[C@H]1C(=O)NCCN1C(=O)CCCc1c[nH]c2ccccc12. The third kappa shape index (κ3) is 2.84. The molecule has 22 heavy (non-hydrogen) atoms. The van der Waals surface area contributed by atoms with Crippen molar-refractivity contribution in [2.45, 2.75) is 32.2 Å². The van der Waals surface area contributed by atoms with Crippen LogP contribution in [0.1, 0.15) is 25.3 Å². The number of aryl methyl sites for hydroxylation is 1. The van der Waals surface area contributed by atoms with Crippen molar-refractivity contribution in [2.75, 3.05) is 13.1 Å². The molecule has 2 heterocycles. The number of carbonyl (C=O) groups is 2. The lowest BCUT2D eigenvalue weighted by atomic mass is 10.1. The van der Waals surface area contributed by atoms with Gasteiger partial charge in [0.05, 0.1) is 0 Å². The highest BCUT2D eigenvalue weighted by Crippen LogP contribution is 2.20. The average Bonchev–Trinajstić information content (AvgIpc) is 2.93. The molecule has 0 unspecified atom stereocenters. The largest absolute Gasteiger partial charge is 0.361 e. The van der Waals surface area contributed by atoms with E-state index < -0.39 is 0 Å². The number of para-hydroxylation sites is 1. The topological polar surface area (TPSA) is 65.2 Å². The molecule has 2 N–H and O–H groups in total. The van der Waals surface area contributed by atoms with Gasteiger partial charge in [-0.3, -0.25) is 9.59 Å². The Morgan fingerprint density at radius 2 is 2.18 bits per heavy atom. The number of H-pyrrole nitrogens is 1. The highest BCUT2D eigenvalue weighted by atomic mass is 16.2. The summed E-state index contributed by atoms with van der Waals surface area (Å²) < 4.78 is 0. The molecule has 5 heteroatoms. The summed E-state index contributed by atoms with van der Waals surface area (Å²) in [6, 6.07) is 7.83. The average molecular weight is 299 g/mol. The molecular formula is C17H21N3O2. The van der Waals surface area contributed by atoms with Crippen LogP contribution < -0.4 is 5.32 Å². The van der Waals surface area contributed by atoms with Gasteiger partial charge in [-0.15, -0.1) is 0 Å². The van der Waals surface area contributed by atoms with Crippen LogP contribution >= 0.6 is 0 Å². The molecule has 2 amide bonds. The maximum atomic E-state index is 12.3. The third-order valence-electron chi connectivity index (χ3n) is 4.33. The van der Waals surface area contributed by atoms with Gasteiger partial charge in [0, 0.05) is 36.6 Å². The summed E-state index contributed by atoms with van der Waals surface area (Å²) >= 11 is 0. The highest BCUT2D eigenvalue weighted by Gasteiger charge is 2.28. The van der Waals surface area contributed by atoms with Crippen LogP contribution in [0.2, 0.25) is 0 Å². The molecule has 1 atom stereocenters. The Balaban J connectivity index is 1.56. The molecule has 1 aromatic heterocycles. The van der Waals surface area contributed by atoms with E-state index in [4.69, 9.17) is 0 Å². The predicted molar refractivity (Wildman–Crippen MR) is 85.4 cm³/mol. The summed E-state index contributed by atoms with van der Waals surface area (Å²) in [7, 11) is 0. The van der Waals surface area contributed by atoms with Gasteiger partial charge in [-0.05, 0) is 31.4 Å². The van der Waals surface area contributed by atoms with Gasteiger partial charge in [-0.1, -0.05) is 18.2 Å². The number of benzene rings is 1. The van der Waals surface area contributed by atoms with Gasteiger partial charge in [0.15, 0.2) is 0 Å². The van der Waals surface area contributed by atoms with Crippen molar-refractivity contribution in [1.29, 1.82) is 0 Å². The Morgan fingerprint density at radius 1 is 1.36 bits per heavy atom. The summed E-state index contributed by atoms with van der Waals surface area (Å²) in [6.07, 6.45) is 4.17. The van der Waals surface area contributed by atoms with Crippen LogP contribution in [0.15, 0.2) is 30.5 Å². The summed E-state index contributed by atoms with van der Waals surface area (Å²) in [5, 5.41) is 4.00. The van der Waals surface area contributed by atoms with Crippen LogP contribution in [0.4, 0.5) is 0 Å². The van der Waals surface area contributed by atoms with Crippen LogP contribution in [0.3, 0.4) is 0 Å².